The largest absolute Gasteiger partial charge is 0.383 e. The van der Waals surface area contributed by atoms with Crippen LogP contribution < -0.4 is 16.8 Å². The molecule has 0 aliphatic heterocycles. The zero-order chi connectivity index (χ0) is 29.1. The van der Waals surface area contributed by atoms with E-state index in [1.807, 2.05) is 49.3 Å². The third-order valence-corrected chi connectivity index (χ3v) is 5.87. The van der Waals surface area contributed by atoms with Crippen LogP contribution in [0.4, 0.5) is 16.0 Å². The number of hydrogen-bond acceptors (Lipinski definition) is 8. The molecule has 0 atom stereocenters. The molecule has 9 nitrogen and oxygen atoms in total. The van der Waals surface area contributed by atoms with Crippen LogP contribution in [-0.2, 0) is 17.8 Å². The van der Waals surface area contributed by atoms with Crippen LogP contribution in [0.15, 0.2) is 73.1 Å². The fraction of sp³-hybridized carbons (Fsp3) is 0.167. The number of pyridine rings is 2. The third-order valence-electron chi connectivity index (χ3n) is 5.87. The highest BCUT2D eigenvalue weighted by atomic mass is 19.1. The number of amides is 1. The molecule has 0 spiro atoms. The van der Waals surface area contributed by atoms with E-state index in [0.717, 1.165) is 27.8 Å². The Labute approximate surface area is 232 Å². The highest BCUT2D eigenvalue weighted by Crippen LogP contribution is 2.24. The van der Waals surface area contributed by atoms with Crippen molar-refractivity contribution in [1.29, 1.82) is 10.7 Å². The van der Waals surface area contributed by atoms with Gasteiger partial charge in [-0.3, -0.25) is 4.79 Å². The van der Waals surface area contributed by atoms with Crippen molar-refractivity contribution in [2.45, 2.75) is 13.0 Å². The molecule has 0 radical (unpaired) electrons. The number of rotatable bonds is 9. The van der Waals surface area contributed by atoms with Crippen LogP contribution in [0.3, 0.4) is 0 Å². The number of benzene rings is 2. The van der Waals surface area contributed by atoms with Gasteiger partial charge in [-0.25, -0.2) is 14.4 Å². The summed E-state index contributed by atoms with van der Waals surface area (Å²) in [5.41, 5.74) is 16.4. The first kappa shape index (κ1) is 29.4. The normalized spacial score (nSPS) is 10.3. The number of carbonyl (C=O) groups excluding carboxylic acids is 1. The molecule has 0 fully saturated rings. The molecular formula is C30H31FN8O. The van der Waals surface area contributed by atoms with Crippen molar-refractivity contribution in [3.8, 4) is 17.2 Å². The van der Waals surface area contributed by atoms with Gasteiger partial charge in [-0.2, -0.15) is 5.26 Å². The average Bonchev–Trinajstić information content (AvgIpc) is 2.94. The fourth-order valence-corrected chi connectivity index (χ4v) is 3.96. The maximum Gasteiger partial charge on any atom is 0.204 e. The van der Waals surface area contributed by atoms with E-state index >= 15 is 0 Å². The predicted octanol–water partition coefficient (Wildman–Crippen LogP) is 3.97. The number of nitrogens with zero attached hydrogens (tertiary/aromatic N) is 4. The summed E-state index contributed by atoms with van der Waals surface area (Å²) in [7, 11) is 3.82. The van der Waals surface area contributed by atoms with Crippen molar-refractivity contribution in [3.63, 3.8) is 0 Å². The molecule has 2 aromatic carbocycles. The average molecular weight is 539 g/mol. The van der Waals surface area contributed by atoms with Gasteiger partial charge in [-0.05, 0) is 55.1 Å². The highest BCUT2D eigenvalue weighted by Gasteiger charge is 2.11. The molecule has 0 saturated carbocycles. The second-order valence-corrected chi connectivity index (χ2v) is 9.21. The minimum absolute atomic E-state index is 0.250. The molecular weight excluding hydrogens is 507 g/mol. The van der Waals surface area contributed by atoms with Crippen LogP contribution in [0.2, 0.25) is 0 Å². The van der Waals surface area contributed by atoms with Gasteiger partial charge in [-0.15, -0.1) is 0 Å². The molecule has 0 bridgehead atoms. The van der Waals surface area contributed by atoms with E-state index < -0.39 is 0 Å². The monoisotopic (exact) mass is 538 g/mol. The molecule has 40 heavy (non-hydrogen) atoms. The molecule has 10 heteroatoms. The van der Waals surface area contributed by atoms with Crippen molar-refractivity contribution >= 4 is 23.8 Å². The van der Waals surface area contributed by atoms with Crippen molar-refractivity contribution in [3.05, 3.63) is 107 Å². The lowest BCUT2D eigenvalue weighted by atomic mass is 10.0. The van der Waals surface area contributed by atoms with Gasteiger partial charge in [0.05, 0.1) is 11.3 Å². The molecule has 0 saturated heterocycles. The van der Waals surface area contributed by atoms with Gasteiger partial charge >= 0.3 is 0 Å². The SMILES string of the molecule is CN(C)CC(=N)c1cc(-c2ccc(CNc3ncc(C#N)cc3Cc3ccc(F)cc3)cc2)cnc1N.NC=O. The van der Waals surface area contributed by atoms with E-state index in [9.17, 15) is 9.65 Å². The van der Waals surface area contributed by atoms with Crippen molar-refractivity contribution in [2.24, 2.45) is 5.73 Å². The van der Waals surface area contributed by atoms with Crippen LogP contribution in [0.5, 0.6) is 0 Å². The number of aromatic nitrogens is 2. The van der Waals surface area contributed by atoms with Crippen LogP contribution in [0, 0.1) is 22.6 Å². The van der Waals surface area contributed by atoms with E-state index in [1.54, 1.807) is 30.6 Å². The Kier molecular flexibility index (Phi) is 10.4. The number of hydrogen-bond donors (Lipinski definition) is 4. The number of carbonyl (C=O) groups is 1. The molecule has 0 aliphatic rings. The number of nitrogens with one attached hydrogen (secondary N) is 2. The molecule has 4 aromatic rings. The lowest BCUT2D eigenvalue weighted by molar-refractivity contribution is -0.106. The fourth-order valence-electron chi connectivity index (χ4n) is 3.96. The molecule has 2 aromatic heterocycles. The van der Waals surface area contributed by atoms with E-state index in [-0.39, 0.29) is 12.2 Å². The first-order chi connectivity index (χ1) is 19.2. The summed E-state index contributed by atoms with van der Waals surface area (Å²) < 4.78 is 13.3. The lowest BCUT2D eigenvalue weighted by Crippen LogP contribution is -2.22. The maximum absolute atomic E-state index is 13.3. The Hall–Kier alpha value is -5.14. The lowest BCUT2D eigenvalue weighted by Gasteiger charge is -2.14. The number of anilines is 2. The zero-order valence-electron chi connectivity index (χ0n) is 22.4. The molecule has 0 aliphatic carbocycles. The van der Waals surface area contributed by atoms with Crippen LogP contribution >= 0.6 is 0 Å². The Balaban J connectivity index is 0.00000141. The molecule has 0 unspecified atom stereocenters. The Morgan fingerprint density at radius 2 is 1.70 bits per heavy atom. The highest BCUT2D eigenvalue weighted by molar-refractivity contribution is 6.04. The van der Waals surface area contributed by atoms with Gasteiger partial charge in [-0.1, -0.05) is 36.4 Å². The van der Waals surface area contributed by atoms with Gasteiger partial charge < -0.3 is 27.1 Å². The molecule has 6 N–H and O–H groups in total. The Bertz CT molecular complexity index is 1500. The minimum atomic E-state index is -0.285. The van der Waals surface area contributed by atoms with Crippen molar-refractivity contribution < 1.29 is 9.18 Å². The molecule has 2 heterocycles. The second-order valence-electron chi connectivity index (χ2n) is 9.21. The summed E-state index contributed by atoms with van der Waals surface area (Å²) in [6.45, 7) is 1.01. The van der Waals surface area contributed by atoms with Gasteiger partial charge in [0.1, 0.15) is 23.5 Å². The van der Waals surface area contributed by atoms with E-state index in [0.29, 0.717) is 48.0 Å². The van der Waals surface area contributed by atoms with Gasteiger partial charge in [0.25, 0.3) is 0 Å². The third kappa shape index (κ3) is 8.18. The summed E-state index contributed by atoms with van der Waals surface area (Å²) in [6, 6.07) is 20.2. The Morgan fingerprint density at radius 3 is 2.33 bits per heavy atom. The number of halogens is 1. The topological polar surface area (TPSA) is 158 Å². The van der Waals surface area contributed by atoms with E-state index in [1.165, 1.54) is 12.1 Å². The first-order valence-corrected chi connectivity index (χ1v) is 12.3. The maximum atomic E-state index is 13.3. The summed E-state index contributed by atoms with van der Waals surface area (Å²) in [6.07, 6.45) is 4.04. The van der Waals surface area contributed by atoms with Gasteiger partial charge in [0.2, 0.25) is 6.41 Å². The summed E-state index contributed by atoms with van der Waals surface area (Å²) in [5.74, 6) is 0.745. The van der Waals surface area contributed by atoms with Crippen LogP contribution in [0.1, 0.15) is 27.8 Å². The van der Waals surface area contributed by atoms with Crippen molar-refractivity contribution in [1.82, 2.24) is 14.9 Å². The summed E-state index contributed by atoms with van der Waals surface area (Å²) >= 11 is 0. The second kappa shape index (κ2) is 14.1. The number of primary amides is 1. The van der Waals surface area contributed by atoms with Gasteiger partial charge in [0.15, 0.2) is 0 Å². The van der Waals surface area contributed by atoms with Crippen LogP contribution in [0.25, 0.3) is 11.1 Å². The molecule has 4 rings (SSSR count). The minimum Gasteiger partial charge on any atom is -0.383 e. The first-order valence-electron chi connectivity index (χ1n) is 12.3. The zero-order valence-corrected chi connectivity index (χ0v) is 22.4. The van der Waals surface area contributed by atoms with Crippen LogP contribution in [-0.4, -0.2) is 47.6 Å². The summed E-state index contributed by atoms with van der Waals surface area (Å²) in [5, 5.41) is 21.0. The summed E-state index contributed by atoms with van der Waals surface area (Å²) in [4.78, 5) is 19.3. The van der Waals surface area contributed by atoms with E-state index in [4.69, 9.17) is 15.9 Å². The number of nitrogens with two attached hydrogens (primary N) is 2. The predicted molar refractivity (Wildman–Crippen MR) is 155 cm³/mol. The van der Waals surface area contributed by atoms with Crippen molar-refractivity contribution in [2.75, 3.05) is 31.7 Å². The number of likely N-dealkylation sites (N-methyl/N-ethyl adjacent to an activating group) is 1. The van der Waals surface area contributed by atoms with E-state index in [2.05, 4.69) is 27.1 Å². The van der Waals surface area contributed by atoms with Gasteiger partial charge in [0, 0.05) is 48.6 Å². The Morgan fingerprint density at radius 1 is 1.05 bits per heavy atom. The molecule has 204 valence electrons. The standard InChI is InChI=1S/C29H28FN7.CH3NO/c1-37(2)18-27(32)26-13-24(17-34-28(26)33)22-7-3-20(4-8-22)15-35-29-23(12-21(14-31)16-36-29)11-19-5-9-25(30)10-6-19;2-1-3/h3-10,12-13,16-17,32H,11,15,18H2,1-2H3,(H2,33,34)(H,35,36);1H,(H2,2,3). The number of nitrogen functional groups attached to an aromatic ring is 1. The quantitative estimate of drug-likeness (QED) is 0.185. The molecule has 1 amide bonds. The smallest absolute Gasteiger partial charge is 0.204 e. The number of nitriles is 1.